The highest BCUT2D eigenvalue weighted by atomic mass is 35.5. The summed E-state index contributed by atoms with van der Waals surface area (Å²) in [7, 11) is -5.04. The predicted molar refractivity (Wildman–Crippen MR) is 491 cm³/mol. The van der Waals surface area contributed by atoms with E-state index in [4.69, 9.17) is 11.6 Å². The largest absolute Gasteiger partial charge is 0.355 e. The average molecular weight is 1500 g/mol. The van der Waals surface area contributed by atoms with E-state index in [1.807, 2.05) is 24.3 Å². The number of rotatable bonds is 19. The van der Waals surface area contributed by atoms with Crippen LogP contribution in [-0.2, 0) is 0 Å². The topological polar surface area (TPSA) is 15.3 Å². The van der Waals surface area contributed by atoms with Crippen molar-refractivity contribution in [3.63, 3.8) is 0 Å². The van der Waals surface area contributed by atoms with E-state index in [0.717, 1.165) is 33.5 Å². The van der Waals surface area contributed by atoms with Crippen molar-refractivity contribution in [3.05, 3.63) is 502 Å². The van der Waals surface area contributed by atoms with Crippen LogP contribution in [0.1, 0.15) is 1.43 Å². The van der Waals surface area contributed by atoms with Crippen molar-refractivity contribution in [2.75, 3.05) is 10.2 Å². The quantitative estimate of drug-likeness (QED) is 0.0641. The van der Waals surface area contributed by atoms with E-state index >= 15 is 0 Å². The van der Waals surface area contributed by atoms with Gasteiger partial charge < -0.3 is 10.2 Å². The highest BCUT2D eigenvalue weighted by molar-refractivity contribution is 7.20. The van der Waals surface area contributed by atoms with Crippen LogP contribution < -0.4 is 51.7 Å². The maximum Gasteiger partial charge on any atom is 0.179 e. The first-order valence-electron chi connectivity index (χ1n) is 38.5. The van der Waals surface area contributed by atoms with E-state index in [0.29, 0.717) is 0 Å². The van der Waals surface area contributed by atoms with Crippen molar-refractivity contribution in [1.29, 1.82) is 0 Å². The molecule has 0 aliphatic carbocycles. The zero-order valence-electron chi connectivity index (χ0n) is 62.7. The molecule has 0 amide bonds. The van der Waals surface area contributed by atoms with E-state index < -0.39 is 16.1 Å². The van der Waals surface area contributed by atoms with Crippen LogP contribution in [0.15, 0.2) is 497 Å². The number of para-hydroxylation sites is 2. The van der Waals surface area contributed by atoms with Crippen molar-refractivity contribution in [2.45, 2.75) is 0 Å². The lowest BCUT2D eigenvalue weighted by Crippen LogP contribution is -2.74. The van der Waals surface area contributed by atoms with Crippen LogP contribution in [0, 0.1) is 0 Å². The number of nitrogens with one attached hydrogen (secondary N) is 1. The number of halogens is 1. The van der Waals surface area contributed by atoms with Crippen LogP contribution in [0.3, 0.4) is 0 Å². The van der Waals surface area contributed by atoms with Crippen molar-refractivity contribution in [1.82, 2.24) is 0 Å². The Kier molecular flexibility index (Phi) is 23.0. The second-order valence-corrected chi connectivity index (χ2v) is 36.1. The minimum absolute atomic E-state index is 0. The lowest BCUT2D eigenvalue weighted by Gasteiger charge is -2.34. The van der Waals surface area contributed by atoms with Crippen LogP contribution in [0.5, 0.6) is 0 Å². The maximum absolute atomic E-state index is 6.09. The Morgan fingerprint density at radius 3 is 0.735 bits per heavy atom. The lowest BCUT2D eigenvalue weighted by molar-refractivity contribution is 1.28. The summed E-state index contributed by atoms with van der Waals surface area (Å²) >= 11 is 6.09. The summed E-state index contributed by atoms with van der Waals surface area (Å²) in [6.45, 7) is 0. The molecule has 1 N–H and O–H groups in total. The fourth-order valence-corrected chi connectivity index (χ4v) is 25.4. The molecule has 2 nitrogen and oxygen atoms in total. The molecule has 0 atom stereocenters. The van der Waals surface area contributed by atoms with Crippen molar-refractivity contribution < 1.29 is 1.43 Å². The number of benzene rings is 18. The van der Waals surface area contributed by atoms with E-state index in [2.05, 4.69) is 483 Å². The normalized spacial score (nSPS) is 11.1. The number of hydrogen-bond donors (Lipinski definition) is 1. The Balaban J connectivity index is 0.000000149. The molecular weight excluding hydrogens is 1420 g/mol. The van der Waals surface area contributed by atoms with Gasteiger partial charge in [-0.15, -0.1) is 0 Å². The monoisotopic (exact) mass is 1500 g/mol. The Hall–Kier alpha value is -13.7. The Morgan fingerprint density at radius 1 is 0.186 bits per heavy atom. The van der Waals surface area contributed by atoms with Gasteiger partial charge >= 0.3 is 0 Å². The van der Waals surface area contributed by atoms with Gasteiger partial charge in [0.1, 0.15) is 0 Å². The van der Waals surface area contributed by atoms with Gasteiger partial charge in [-0.05, 0) is 158 Å². The first-order chi connectivity index (χ1) is 56.0. The molecule has 18 aromatic rings. The molecule has 0 aromatic heterocycles. The molecule has 542 valence electrons. The molecule has 113 heavy (non-hydrogen) atoms. The number of hydrogen-bond acceptors (Lipinski definition) is 2. The average Bonchev–Trinajstić information content (AvgIpc) is 0.740. The summed E-state index contributed by atoms with van der Waals surface area (Å²) in [4.78, 5) is 2.38. The standard InChI is InChI=1S/C54H41NSi.C30H23ClSi.C24H19N.H2/c1-6-18-42(19-7-1)43-30-36-47(37-31-43)55(54-29-17-16-28-53(54)46-20-8-2-9-21-46)48-38-32-44(33-39-48)45-34-40-52(41-35-45)56(49-22-10-3-11-23-49,50-24-12-4-13-25-50)51-26-14-5-15-27-51;31-26-20-16-24(17-21-26)25-18-22-30(23-19-25)32(27-10-4-1-5-11-27,28-12-6-2-7-13-28)29-14-8-3-9-15-29;1-3-9-19(10-4-1)20-15-17-22(18-16-20)25-24-14-8-7-13-23(24)21-11-5-2-6-12-21;/h1-41H;1-23H;1-18,25H;1H/i;;;1+1. The summed E-state index contributed by atoms with van der Waals surface area (Å²) < 4.78 is 0. The summed E-state index contributed by atoms with van der Waals surface area (Å²) in [6.07, 6.45) is 0. The summed E-state index contributed by atoms with van der Waals surface area (Å²) in [5.74, 6) is 0. The first kappa shape index (κ1) is 73.4. The smallest absolute Gasteiger partial charge is 0.179 e. The van der Waals surface area contributed by atoms with Crippen molar-refractivity contribution in [3.8, 4) is 66.8 Å². The zero-order chi connectivity index (χ0) is 76.3. The summed E-state index contributed by atoms with van der Waals surface area (Å²) in [5.41, 5.74) is 19.9. The van der Waals surface area contributed by atoms with Gasteiger partial charge in [0.15, 0.2) is 16.1 Å². The third-order valence-corrected chi connectivity index (χ3v) is 31.1. The second kappa shape index (κ2) is 35.3. The second-order valence-electron chi connectivity index (χ2n) is 28.0. The van der Waals surface area contributed by atoms with E-state index in [1.54, 1.807) is 0 Å². The highest BCUT2D eigenvalue weighted by Gasteiger charge is 2.43. The molecule has 0 spiro atoms. The van der Waals surface area contributed by atoms with Crippen LogP contribution in [-0.4, -0.2) is 16.1 Å². The molecule has 0 heterocycles. The molecular formula is C108H85ClN2Si2. The third-order valence-electron chi connectivity index (χ3n) is 21.3. The van der Waals surface area contributed by atoms with Gasteiger partial charge in [0.05, 0.1) is 5.69 Å². The Labute approximate surface area is 673 Å². The van der Waals surface area contributed by atoms with E-state index in [1.165, 1.54) is 108 Å². The molecule has 0 bridgehead atoms. The summed E-state index contributed by atoms with van der Waals surface area (Å²) in [5, 5.41) is 15.3. The number of anilines is 5. The molecule has 0 aliphatic rings. The Bertz CT molecular complexity index is 5790. The molecule has 18 aromatic carbocycles. The fourth-order valence-electron chi connectivity index (χ4n) is 15.8. The van der Waals surface area contributed by atoms with Crippen molar-refractivity contribution >= 4 is 97.7 Å². The zero-order valence-corrected chi connectivity index (χ0v) is 65.4. The fraction of sp³-hybridized carbons (Fsp3) is 0. The Morgan fingerprint density at radius 2 is 0.407 bits per heavy atom. The first-order valence-corrected chi connectivity index (χ1v) is 42.9. The van der Waals surface area contributed by atoms with Crippen LogP contribution >= 0.6 is 11.6 Å². The highest BCUT2D eigenvalue weighted by Crippen LogP contribution is 2.42. The van der Waals surface area contributed by atoms with Gasteiger partial charge in [-0.2, -0.15) is 0 Å². The molecule has 0 fully saturated rings. The molecule has 18 rings (SSSR count). The molecule has 0 radical (unpaired) electrons. The van der Waals surface area contributed by atoms with Gasteiger partial charge in [-0.25, -0.2) is 0 Å². The van der Waals surface area contributed by atoms with Crippen LogP contribution in [0.2, 0.25) is 5.02 Å². The molecule has 5 heteroatoms. The van der Waals surface area contributed by atoms with Crippen LogP contribution in [0.4, 0.5) is 28.4 Å². The predicted octanol–water partition coefficient (Wildman–Crippen LogP) is 23.9. The van der Waals surface area contributed by atoms with Gasteiger partial charge in [0.25, 0.3) is 0 Å². The molecule has 0 saturated carbocycles. The van der Waals surface area contributed by atoms with Crippen LogP contribution in [0.25, 0.3) is 66.8 Å². The van der Waals surface area contributed by atoms with E-state index in [9.17, 15) is 0 Å². The molecule has 0 aliphatic heterocycles. The minimum Gasteiger partial charge on any atom is -0.355 e. The van der Waals surface area contributed by atoms with Crippen molar-refractivity contribution in [2.24, 2.45) is 0 Å². The van der Waals surface area contributed by atoms with Gasteiger partial charge in [-0.1, -0.05) is 448 Å². The molecule has 0 saturated heterocycles. The minimum atomic E-state index is -2.59. The van der Waals surface area contributed by atoms with Gasteiger partial charge in [0, 0.05) is 40.3 Å². The third kappa shape index (κ3) is 16.3. The lowest BCUT2D eigenvalue weighted by atomic mass is 10.0. The van der Waals surface area contributed by atoms with Gasteiger partial charge in [-0.3, -0.25) is 0 Å². The summed E-state index contributed by atoms with van der Waals surface area (Å²) in [6, 6.07) is 179. The van der Waals surface area contributed by atoms with Gasteiger partial charge in [0.2, 0.25) is 0 Å². The maximum atomic E-state index is 6.09. The SMILES string of the molecule is Clc1ccc(-c2ccc([Si](c3ccccc3)(c3ccccc3)c3ccccc3)cc2)cc1.[2HH].c1ccc(-c2ccc(N(c3ccc(-c4ccc([Si](c5ccccc5)(c5ccccc5)c5ccccc5)cc4)cc3)c3ccccc3-c3ccccc3)cc2)cc1.c1ccc(-c2ccc(Nc3ccccc3-c3ccccc3)cc2)cc1. The number of nitrogens with zero attached hydrogens (tertiary/aromatic N) is 1. The molecule has 0 unspecified atom stereocenters. The van der Waals surface area contributed by atoms with E-state index in [-0.39, 0.29) is 1.43 Å².